The van der Waals surface area contributed by atoms with Crippen molar-refractivity contribution >= 4 is 15.9 Å². The van der Waals surface area contributed by atoms with E-state index >= 15 is 0 Å². The monoisotopic (exact) mass is 349 g/mol. The average molecular weight is 350 g/mol. The molecule has 112 valence electrons. The molecule has 0 aliphatic carbocycles. The minimum absolute atomic E-state index is 0.524. The van der Waals surface area contributed by atoms with Gasteiger partial charge in [0.05, 0.1) is 7.11 Å². The maximum absolute atomic E-state index is 5.88. The second-order valence-electron chi connectivity index (χ2n) is 4.65. The van der Waals surface area contributed by atoms with Gasteiger partial charge in [-0.1, -0.05) is 53.2 Å². The van der Waals surface area contributed by atoms with Crippen molar-refractivity contribution in [2.24, 2.45) is 0 Å². The molecule has 4 heteroatoms. The predicted octanol–water partition coefficient (Wildman–Crippen LogP) is 4.15. The molecule has 0 atom stereocenters. The van der Waals surface area contributed by atoms with E-state index in [4.69, 9.17) is 9.47 Å². The van der Waals surface area contributed by atoms with Crippen LogP contribution in [0.3, 0.4) is 0 Å². The highest BCUT2D eigenvalue weighted by molar-refractivity contribution is 9.10. The highest BCUT2D eigenvalue weighted by Crippen LogP contribution is 2.34. The lowest BCUT2D eigenvalue weighted by atomic mass is 10.2. The first-order chi connectivity index (χ1) is 10.2. The first-order valence-corrected chi connectivity index (χ1v) is 7.77. The summed E-state index contributed by atoms with van der Waals surface area (Å²) in [5, 5.41) is 3.31. The third-order valence-corrected chi connectivity index (χ3v) is 3.87. The highest BCUT2D eigenvalue weighted by atomic mass is 79.9. The molecule has 2 rings (SSSR count). The third kappa shape index (κ3) is 4.48. The molecule has 3 nitrogen and oxygen atoms in total. The third-order valence-electron chi connectivity index (χ3n) is 3.14. The molecule has 0 radical (unpaired) electrons. The summed E-state index contributed by atoms with van der Waals surface area (Å²) in [5.74, 6) is 1.50. The summed E-state index contributed by atoms with van der Waals surface area (Å²) in [4.78, 5) is 0. The van der Waals surface area contributed by atoms with Crippen molar-refractivity contribution in [3.05, 3.63) is 58.1 Å². The summed E-state index contributed by atoms with van der Waals surface area (Å²) >= 11 is 3.59. The summed E-state index contributed by atoms with van der Waals surface area (Å²) in [5.41, 5.74) is 2.29. The van der Waals surface area contributed by atoms with E-state index in [0.717, 1.165) is 40.2 Å². The quantitative estimate of drug-likeness (QED) is 0.814. The molecule has 0 unspecified atom stereocenters. The van der Waals surface area contributed by atoms with Gasteiger partial charge in [-0.25, -0.2) is 0 Å². The first kappa shape index (κ1) is 15.9. The number of halogens is 1. The number of rotatable bonds is 7. The van der Waals surface area contributed by atoms with E-state index in [1.807, 2.05) is 42.5 Å². The van der Waals surface area contributed by atoms with E-state index in [9.17, 15) is 0 Å². The van der Waals surface area contributed by atoms with Crippen molar-refractivity contribution in [2.45, 2.75) is 20.1 Å². The van der Waals surface area contributed by atoms with Crippen molar-refractivity contribution in [3.63, 3.8) is 0 Å². The van der Waals surface area contributed by atoms with Gasteiger partial charge in [-0.15, -0.1) is 0 Å². The van der Waals surface area contributed by atoms with Crippen LogP contribution >= 0.6 is 15.9 Å². The van der Waals surface area contributed by atoms with E-state index in [1.54, 1.807) is 7.11 Å². The molecule has 0 aromatic heterocycles. The Morgan fingerprint density at radius 2 is 1.86 bits per heavy atom. The lowest BCUT2D eigenvalue weighted by Crippen LogP contribution is -2.12. The zero-order valence-corrected chi connectivity index (χ0v) is 13.9. The van der Waals surface area contributed by atoms with Crippen molar-refractivity contribution in [2.75, 3.05) is 13.7 Å². The van der Waals surface area contributed by atoms with Gasteiger partial charge in [0.25, 0.3) is 0 Å². The molecular weight excluding hydrogens is 330 g/mol. The summed E-state index contributed by atoms with van der Waals surface area (Å²) in [7, 11) is 1.66. The molecule has 21 heavy (non-hydrogen) atoms. The van der Waals surface area contributed by atoms with Gasteiger partial charge in [0.2, 0.25) is 0 Å². The molecule has 0 saturated heterocycles. The second-order valence-corrected chi connectivity index (χ2v) is 5.50. The summed E-state index contributed by atoms with van der Waals surface area (Å²) in [6.45, 7) is 4.34. The number of methoxy groups -OCH3 is 1. The Labute approximate surface area is 134 Å². The standard InChI is InChI=1S/C17H20BrNO2/c1-3-19-11-14-9-16(20-2)17(10-15(14)18)21-12-13-7-5-4-6-8-13/h4-10,19H,3,11-12H2,1-2H3. The molecule has 0 aliphatic rings. The molecule has 1 N–H and O–H groups in total. The van der Waals surface area contributed by atoms with Crippen LogP contribution in [-0.4, -0.2) is 13.7 Å². The Hall–Kier alpha value is -1.52. The topological polar surface area (TPSA) is 30.5 Å². The number of nitrogens with one attached hydrogen (secondary N) is 1. The lowest BCUT2D eigenvalue weighted by molar-refractivity contribution is 0.284. The molecule has 0 amide bonds. The molecule has 0 heterocycles. The van der Waals surface area contributed by atoms with Gasteiger partial charge in [-0.3, -0.25) is 0 Å². The summed E-state index contributed by atoms with van der Waals surface area (Å²) in [6, 6.07) is 14.1. The van der Waals surface area contributed by atoms with Crippen LogP contribution in [0.1, 0.15) is 18.1 Å². The van der Waals surface area contributed by atoms with Crippen LogP contribution < -0.4 is 14.8 Å². The normalized spacial score (nSPS) is 10.4. The van der Waals surface area contributed by atoms with Crippen molar-refractivity contribution in [1.29, 1.82) is 0 Å². The largest absolute Gasteiger partial charge is 0.493 e. The van der Waals surface area contributed by atoms with Gasteiger partial charge in [-0.2, -0.15) is 0 Å². The predicted molar refractivity (Wildman–Crippen MR) is 88.8 cm³/mol. The minimum Gasteiger partial charge on any atom is -0.493 e. The SMILES string of the molecule is CCNCc1cc(OC)c(OCc2ccccc2)cc1Br. The molecule has 2 aromatic carbocycles. The first-order valence-electron chi connectivity index (χ1n) is 6.98. The molecule has 0 saturated carbocycles. The average Bonchev–Trinajstić information content (AvgIpc) is 2.53. The van der Waals surface area contributed by atoms with Gasteiger partial charge in [0, 0.05) is 11.0 Å². The molecule has 0 spiro atoms. The van der Waals surface area contributed by atoms with Gasteiger partial charge in [-0.05, 0) is 29.8 Å². The number of hydrogen-bond acceptors (Lipinski definition) is 3. The van der Waals surface area contributed by atoms with Crippen LogP contribution in [0.25, 0.3) is 0 Å². The van der Waals surface area contributed by atoms with E-state index in [0.29, 0.717) is 6.61 Å². The van der Waals surface area contributed by atoms with Gasteiger partial charge >= 0.3 is 0 Å². The second kappa shape index (κ2) is 8.05. The molecule has 0 fully saturated rings. The fourth-order valence-electron chi connectivity index (χ4n) is 1.98. The Bertz CT molecular complexity index is 573. The van der Waals surface area contributed by atoms with E-state index in [1.165, 1.54) is 0 Å². The maximum atomic E-state index is 5.88. The van der Waals surface area contributed by atoms with E-state index in [-0.39, 0.29) is 0 Å². The number of hydrogen-bond donors (Lipinski definition) is 1. The Morgan fingerprint density at radius 3 is 2.52 bits per heavy atom. The van der Waals surface area contributed by atoms with Gasteiger partial charge < -0.3 is 14.8 Å². The molecule has 2 aromatic rings. The fourth-order valence-corrected chi connectivity index (χ4v) is 2.44. The van der Waals surface area contributed by atoms with Gasteiger partial charge in [0.1, 0.15) is 6.61 Å². The van der Waals surface area contributed by atoms with Crippen LogP contribution in [0.4, 0.5) is 0 Å². The number of benzene rings is 2. The van der Waals surface area contributed by atoms with Crippen LogP contribution in [-0.2, 0) is 13.2 Å². The molecular formula is C17H20BrNO2. The molecule has 0 aliphatic heterocycles. The van der Waals surface area contributed by atoms with Crippen LogP contribution in [0.2, 0.25) is 0 Å². The van der Waals surface area contributed by atoms with Crippen molar-refractivity contribution in [3.8, 4) is 11.5 Å². The van der Waals surface area contributed by atoms with Crippen LogP contribution in [0.5, 0.6) is 11.5 Å². The fraction of sp³-hybridized carbons (Fsp3) is 0.294. The zero-order chi connectivity index (χ0) is 15.1. The van der Waals surface area contributed by atoms with Crippen LogP contribution in [0, 0.1) is 0 Å². The minimum atomic E-state index is 0.524. The smallest absolute Gasteiger partial charge is 0.162 e. The zero-order valence-electron chi connectivity index (χ0n) is 12.4. The number of ether oxygens (including phenoxy) is 2. The summed E-state index contributed by atoms with van der Waals surface area (Å²) < 4.78 is 12.3. The van der Waals surface area contributed by atoms with Gasteiger partial charge in [0.15, 0.2) is 11.5 Å². The highest BCUT2D eigenvalue weighted by Gasteiger charge is 2.10. The van der Waals surface area contributed by atoms with Crippen molar-refractivity contribution in [1.82, 2.24) is 5.32 Å². The lowest BCUT2D eigenvalue weighted by Gasteiger charge is -2.14. The molecule has 0 bridgehead atoms. The Kier molecular flexibility index (Phi) is 6.08. The Balaban J connectivity index is 2.13. The Morgan fingerprint density at radius 1 is 1.10 bits per heavy atom. The van der Waals surface area contributed by atoms with E-state index < -0.39 is 0 Å². The maximum Gasteiger partial charge on any atom is 0.162 e. The van der Waals surface area contributed by atoms with Crippen LogP contribution in [0.15, 0.2) is 46.9 Å². The van der Waals surface area contributed by atoms with Crippen molar-refractivity contribution < 1.29 is 9.47 Å². The summed E-state index contributed by atoms with van der Waals surface area (Å²) in [6.07, 6.45) is 0. The van der Waals surface area contributed by atoms with E-state index in [2.05, 4.69) is 28.2 Å².